The number of hydrogen-bond donors (Lipinski definition) is 1. The van der Waals surface area contributed by atoms with E-state index in [1.165, 1.54) is 6.92 Å². The third kappa shape index (κ3) is 3.78. The van der Waals surface area contributed by atoms with E-state index < -0.39 is 0 Å². The van der Waals surface area contributed by atoms with Crippen LogP contribution in [0.5, 0.6) is 0 Å². The van der Waals surface area contributed by atoms with E-state index in [1.54, 1.807) is 36.5 Å². The monoisotopic (exact) mass is 325 g/mol. The molecule has 2 heterocycles. The quantitative estimate of drug-likeness (QED) is 0.874. The molecule has 0 atom stereocenters. The smallest absolute Gasteiger partial charge is 0.274 e. The zero-order valence-electron chi connectivity index (χ0n) is 13.5. The third-order valence-electron chi connectivity index (χ3n) is 3.88. The van der Waals surface area contributed by atoms with Crippen molar-refractivity contribution in [2.75, 3.05) is 36.5 Å². The van der Waals surface area contributed by atoms with Crippen LogP contribution in [0.2, 0.25) is 0 Å². The van der Waals surface area contributed by atoms with Crippen molar-refractivity contribution in [3.8, 4) is 0 Å². The van der Waals surface area contributed by atoms with Crippen LogP contribution in [-0.4, -0.2) is 43.0 Å². The van der Waals surface area contributed by atoms with Crippen LogP contribution < -0.4 is 10.2 Å². The second-order valence-electron chi connectivity index (χ2n) is 5.59. The molecular weight excluding hydrogens is 306 g/mol. The topological polar surface area (TPSA) is 71.5 Å². The first-order valence-corrected chi connectivity index (χ1v) is 7.84. The summed E-state index contributed by atoms with van der Waals surface area (Å²) in [4.78, 5) is 30.2. The van der Waals surface area contributed by atoms with Crippen molar-refractivity contribution in [2.45, 2.75) is 6.92 Å². The SMILES string of the molecule is CC(=O)c1cccc(NC(=O)c2cc(N3CCOCC3)ccn2)c1. The molecule has 1 aromatic heterocycles. The number of ether oxygens (including phenoxy) is 1. The number of anilines is 2. The van der Waals surface area contributed by atoms with Crippen molar-refractivity contribution < 1.29 is 14.3 Å². The lowest BCUT2D eigenvalue weighted by Crippen LogP contribution is -2.36. The van der Waals surface area contributed by atoms with E-state index in [-0.39, 0.29) is 11.7 Å². The second-order valence-corrected chi connectivity index (χ2v) is 5.59. The Balaban J connectivity index is 1.75. The normalized spacial score (nSPS) is 14.3. The fourth-order valence-corrected chi connectivity index (χ4v) is 2.57. The van der Waals surface area contributed by atoms with Gasteiger partial charge in [0.2, 0.25) is 0 Å². The number of ketones is 1. The van der Waals surface area contributed by atoms with Crippen LogP contribution in [0, 0.1) is 0 Å². The standard InChI is InChI=1S/C18H19N3O3/c1-13(22)14-3-2-4-15(11-14)20-18(23)17-12-16(5-6-19-17)21-7-9-24-10-8-21/h2-6,11-12H,7-10H2,1H3,(H,20,23). The van der Waals surface area contributed by atoms with Crippen LogP contribution in [0.1, 0.15) is 27.8 Å². The maximum absolute atomic E-state index is 12.4. The predicted octanol–water partition coefficient (Wildman–Crippen LogP) is 2.37. The lowest BCUT2D eigenvalue weighted by molar-refractivity contribution is 0.100. The molecule has 124 valence electrons. The average molecular weight is 325 g/mol. The predicted molar refractivity (Wildman–Crippen MR) is 91.7 cm³/mol. The largest absolute Gasteiger partial charge is 0.378 e. The first-order valence-electron chi connectivity index (χ1n) is 7.84. The number of rotatable bonds is 4. The molecule has 0 radical (unpaired) electrons. The van der Waals surface area contributed by atoms with Crippen LogP contribution in [0.25, 0.3) is 0 Å². The van der Waals surface area contributed by atoms with E-state index in [0.717, 1.165) is 18.8 Å². The minimum absolute atomic E-state index is 0.0430. The highest BCUT2D eigenvalue weighted by Crippen LogP contribution is 2.17. The highest BCUT2D eigenvalue weighted by atomic mass is 16.5. The molecular formula is C18H19N3O3. The lowest BCUT2D eigenvalue weighted by atomic mass is 10.1. The molecule has 1 aromatic carbocycles. The maximum Gasteiger partial charge on any atom is 0.274 e. The molecule has 0 saturated carbocycles. The van der Waals surface area contributed by atoms with Crippen molar-refractivity contribution in [2.24, 2.45) is 0 Å². The van der Waals surface area contributed by atoms with E-state index >= 15 is 0 Å². The number of aromatic nitrogens is 1. The van der Waals surface area contributed by atoms with E-state index in [0.29, 0.717) is 30.2 Å². The van der Waals surface area contributed by atoms with Gasteiger partial charge in [-0.1, -0.05) is 12.1 Å². The highest BCUT2D eigenvalue weighted by molar-refractivity contribution is 6.04. The van der Waals surface area contributed by atoms with E-state index in [4.69, 9.17) is 4.74 Å². The third-order valence-corrected chi connectivity index (χ3v) is 3.88. The Morgan fingerprint density at radius 2 is 1.96 bits per heavy atom. The minimum atomic E-state index is -0.300. The molecule has 1 N–H and O–H groups in total. The molecule has 0 spiro atoms. The first-order chi connectivity index (χ1) is 11.6. The number of carbonyl (C=O) groups is 2. The van der Waals surface area contributed by atoms with Crippen LogP contribution in [-0.2, 0) is 4.74 Å². The van der Waals surface area contributed by atoms with Gasteiger partial charge in [0.25, 0.3) is 5.91 Å². The van der Waals surface area contributed by atoms with Gasteiger partial charge in [-0.3, -0.25) is 14.6 Å². The fraction of sp³-hybridized carbons (Fsp3) is 0.278. The Labute approximate surface area is 140 Å². The number of nitrogens with one attached hydrogen (secondary N) is 1. The zero-order valence-corrected chi connectivity index (χ0v) is 13.5. The fourth-order valence-electron chi connectivity index (χ4n) is 2.57. The number of nitrogens with zero attached hydrogens (tertiary/aromatic N) is 2. The van der Waals surface area contributed by atoms with Crippen molar-refractivity contribution in [3.05, 3.63) is 53.9 Å². The molecule has 6 nitrogen and oxygen atoms in total. The summed E-state index contributed by atoms with van der Waals surface area (Å²) in [6.07, 6.45) is 1.63. The molecule has 0 aliphatic carbocycles. The zero-order chi connectivity index (χ0) is 16.9. The number of morpholine rings is 1. The highest BCUT2D eigenvalue weighted by Gasteiger charge is 2.14. The lowest BCUT2D eigenvalue weighted by Gasteiger charge is -2.28. The van der Waals surface area contributed by atoms with Crippen LogP contribution in [0.15, 0.2) is 42.6 Å². The molecule has 3 rings (SSSR count). The summed E-state index contributed by atoms with van der Waals surface area (Å²) < 4.78 is 5.34. The van der Waals surface area contributed by atoms with Gasteiger partial charge in [0.1, 0.15) is 5.69 Å². The molecule has 0 bridgehead atoms. The van der Waals surface area contributed by atoms with Crippen LogP contribution in [0.3, 0.4) is 0 Å². The minimum Gasteiger partial charge on any atom is -0.378 e. The number of carbonyl (C=O) groups excluding carboxylic acids is 2. The van der Waals surface area contributed by atoms with Gasteiger partial charge in [0.05, 0.1) is 13.2 Å². The molecule has 24 heavy (non-hydrogen) atoms. The summed E-state index contributed by atoms with van der Waals surface area (Å²) in [5.41, 5.74) is 2.43. The van der Waals surface area contributed by atoms with Gasteiger partial charge in [-0.15, -0.1) is 0 Å². The number of benzene rings is 1. The summed E-state index contributed by atoms with van der Waals surface area (Å²) in [5, 5.41) is 2.79. The van der Waals surface area contributed by atoms with Crippen molar-refractivity contribution in [1.82, 2.24) is 4.98 Å². The average Bonchev–Trinajstić information content (AvgIpc) is 2.63. The number of hydrogen-bond acceptors (Lipinski definition) is 5. The molecule has 1 aliphatic heterocycles. The first kappa shape index (κ1) is 16.1. The summed E-state index contributed by atoms with van der Waals surface area (Å²) in [5.74, 6) is -0.343. The van der Waals surface area contributed by atoms with Crippen molar-refractivity contribution in [3.63, 3.8) is 0 Å². The van der Waals surface area contributed by atoms with Crippen LogP contribution in [0.4, 0.5) is 11.4 Å². The van der Waals surface area contributed by atoms with Crippen molar-refractivity contribution >= 4 is 23.1 Å². The van der Waals surface area contributed by atoms with Gasteiger partial charge >= 0.3 is 0 Å². The Kier molecular flexibility index (Phi) is 4.86. The van der Waals surface area contributed by atoms with Gasteiger partial charge in [0, 0.05) is 36.2 Å². The summed E-state index contributed by atoms with van der Waals surface area (Å²) in [6, 6.07) is 10.5. The van der Waals surface area contributed by atoms with Gasteiger partial charge < -0.3 is 15.0 Å². The Hall–Kier alpha value is -2.73. The Morgan fingerprint density at radius 1 is 1.17 bits per heavy atom. The molecule has 1 fully saturated rings. The number of amides is 1. The Bertz CT molecular complexity index is 755. The van der Waals surface area contributed by atoms with Gasteiger partial charge in [0.15, 0.2) is 5.78 Å². The number of Topliss-reactive ketones (excluding diaryl/α,β-unsaturated/α-hetero) is 1. The molecule has 0 unspecified atom stereocenters. The molecule has 2 aromatic rings. The van der Waals surface area contributed by atoms with E-state index in [9.17, 15) is 9.59 Å². The van der Waals surface area contributed by atoms with E-state index in [1.807, 2.05) is 6.07 Å². The van der Waals surface area contributed by atoms with Gasteiger partial charge in [-0.2, -0.15) is 0 Å². The molecule has 1 saturated heterocycles. The van der Waals surface area contributed by atoms with E-state index in [2.05, 4.69) is 15.2 Å². The summed E-state index contributed by atoms with van der Waals surface area (Å²) in [7, 11) is 0. The van der Waals surface area contributed by atoms with Gasteiger partial charge in [-0.05, 0) is 31.2 Å². The molecule has 1 amide bonds. The van der Waals surface area contributed by atoms with Crippen molar-refractivity contribution in [1.29, 1.82) is 0 Å². The summed E-state index contributed by atoms with van der Waals surface area (Å²) in [6.45, 7) is 4.45. The Morgan fingerprint density at radius 3 is 2.71 bits per heavy atom. The molecule has 1 aliphatic rings. The van der Waals surface area contributed by atoms with Gasteiger partial charge in [-0.25, -0.2) is 0 Å². The number of pyridine rings is 1. The maximum atomic E-state index is 12.4. The summed E-state index contributed by atoms with van der Waals surface area (Å²) >= 11 is 0. The van der Waals surface area contributed by atoms with Crippen LogP contribution >= 0.6 is 0 Å². The molecule has 6 heteroatoms. The second kappa shape index (κ2) is 7.23.